The van der Waals surface area contributed by atoms with Crippen LogP contribution in [0.4, 0.5) is 11.5 Å². The molecule has 1 aromatic heterocycles. The number of carbonyl (C=O) groups is 1. The predicted octanol–water partition coefficient (Wildman–Crippen LogP) is 3.31. The van der Waals surface area contributed by atoms with E-state index in [0.717, 1.165) is 0 Å². The maximum atomic E-state index is 11.5. The number of aromatic nitrogens is 2. The van der Waals surface area contributed by atoms with Gasteiger partial charge in [0.2, 0.25) is 5.28 Å². The maximum absolute atomic E-state index is 11.5. The van der Waals surface area contributed by atoms with Crippen molar-refractivity contribution in [2.75, 3.05) is 12.4 Å². The van der Waals surface area contributed by atoms with Crippen LogP contribution in [0.5, 0.6) is 0 Å². The Morgan fingerprint density at radius 1 is 1.32 bits per heavy atom. The minimum Gasteiger partial charge on any atom is -0.465 e. The molecule has 0 fully saturated rings. The van der Waals surface area contributed by atoms with E-state index in [4.69, 9.17) is 23.2 Å². The molecule has 0 saturated carbocycles. The Kier molecular flexibility index (Phi) is 4.19. The zero-order valence-corrected chi connectivity index (χ0v) is 11.4. The van der Waals surface area contributed by atoms with Crippen LogP contribution in [0.25, 0.3) is 0 Å². The quantitative estimate of drug-likeness (QED) is 0.695. The molecular weight excluding hydrogens is 289 g/mol. The number of halogens is 2. The van der Waals surface area contributed by atoms with Gasteiger partial charge in [-0.05, 0) is 35.9 Å². The fraction of sp³-hybridized carbons (Fsp3) is 0.0833. The van der Waals surface area contributed by atoms with Crippen molar-refractivity contribution in [2.45, 2.75) is 0 Å². The Bertz CT molecular complexity index is 620. The number of esters is 1. The number of hydrogen-bond donors (Lipinski definition) is 1. The minimum atomic E-state index is -0.505. The molecule has 1 N–H and O–H groups in total. The number of benzene rings is 1. The fourth-order valence-electron chi connectivity index (χ4n) is 1.42. The van der Waals surface area contributed by atoms with E-state index in [1.165, 1.54) is 13.3 Å². The monoisotopic (exact) mass is 297 g/mol. The summed E-state index contributed by atoms with van der Waals surface area (Å²) in [5.74, 6) is 0.00695. The van der Waals surface area contributed by atoms with Crippen LogP contribution >= 0.6 is 23.2 Å². The summed E-state index contributed by atoms with van der Waals surface area (Å²) in [6.07, 6.45) is 1.52. The maximum Gasteiger partial charge on any atom is 0.339 e. The van der Waals surface area contributed by atoms with Crippen LogP contribution in [-0.4, -0.2) is 23.0 Å². The largest absolute Gasteiger partial charge is 0.465 e. The first kappa shape index (κ1) is 13.6. The van der Waals surface area contributed by atoms with Crippen molar-refractivity contribution < 1.29 is 9.53 Å². The summed E-state index contributed by atoms with van der Waals surface area (Å²) in [6.45, 7) is 0. The predicted molar refractivity (Wildman–Crippen MR) is 73.1 cm³/mol. The lowest BCUT2D eigenvalue weighted by atomic mass is 10.2. The third-order valence-electron chi connectivity index (χ3n) is 2.27. The van der Waals surface area contributed by atoms with Gasteiger partial charge in [0.05, 0.1) is 17.7 Å². The van der Waals surface area contributed by atoms with Crippen LogP contribution in [0.15, 0.2) is 30.5 Å². The molecule has 5 nitrogen and oxygen atoms in total. The Balaban J connectivity index is 2.29. The van der Waals surface area contributed by atoms with Gasteiger partial charge < -0.3 is 10.1 Å². The van der Waals surface area contributed by atoms with Crippen LogP contribution in [0, 0.1) is 0 Å². The second-order valence-corrected chi connectivity index (χ2v) is 4.27. The van der Waals surface area contributed by atoms with Crippen molar-refractivity contribution in [1.29, 1.82) is 0 Å². The Hall–Kier alpha value is -1.85. The van der Waals surface area contributed by atoms with Crippen LogP contribution in [0.1, 0.15) is 10.4 Å². The molecule has 0 saturated heterocycles. The molecule has 19 heavy (non-hydrogen) atoms. The molecule has 2 aromatic rings. The third kappa shape index (κ3) is 3.33. The van der Waals surface area contributed by atoms with Gasteiger partial charge in [-0.25, -0.2) is 14.8 Å². The Labute approximate surface area is 119 Å². The molecule has 0 unspecified atom stereocenters. The van der Waals surface area contributed by atoms with E-state index < -0.39 is 5.97 Å². The number of methoxy groups -OCH3 is 1. The smallest absolute Gasteiger partial charge is 0.339 e. The van der Waals surface area contributed by atoms with E-state index in [1.54, 1.807) is 24.3 Å². The van der Waals surface area contributed by atoms with Gasteiger partial charge in [0.15, 0.2) is 0 Å². The lowest BCUT2D eigenvalue weighted by molar-refractivity contribution is 0.0601. The molecular formula is C12H9Cl2N3O2. The molecule has 0 aliphatic carbocycles. The number of rotatable bonds is 3. The second-order valence-electron chi connectivity index (χ2n) is 3.52. The molecule has 1 aromatic carbocycles. The topological polar surface area (TPSA) is 64.1 Å². The van der Waals surface area contributed by atoms with Crippen molar-refractivity contribution in [3.8, 4) is 0 Å². The normalized spacial score (nSPS) is 10.1. The first-order valence-electron chi connectivity index (χ1n) is 5.23. The van der Waals surface area contributed by atoms with Crippen LogP contribution in [-0.2, 0) is 4.74 Å². The van der Waals surface area contributed by atoms with Gasteiger partial charge in [0.1, 0.15) is 5.82 Å². The highest BCUT2D eigenvalue weighted by Gasteiger charge is 2.11. The molecule has 1 heterocycles. The molecule has 0 spiro atoms. The first-order chi connectivity index (χ1) is 9.10. The Morgan fingerprint density at radius 2 is 2.11 bits per heavy atom. The summed E-state index contributed by atoms with van der Waals surface area (Å²) in [7, 11) is 1.29. The van der Waals surface area contributed by atoms with Gasteiger partial charge in [0.25, 0.3) is 0 Å². The number of ether oxygens (including phenoxy) is 1. The summed E-state index contributed by atoms with van der Waals surface area (Å²) >= 11 is 11.6. The Morgan fingerprint density at radius 3 is 2.79 bits per heavy atom. The van der Waals surface area contributed by atoms with Crippen LogP contribution in [0.2, 0.25) is 10.3 Å². The summed E-state index contributed by atoms with van der Waals surface area (Å²) < 4.78 is 4.64. The van der Waals surface area contributed by atoms with E-state index in [-0.39, 0.29) is 10.8 Å². The van der Waals surface area contributed by atoms with Gasteiger partial charge in [-0.2, -0.15) is 0 Å². The molecule has 0 aliphatic heterocycles. The van der Waals surface area contributed by atoms with Gasteiger partial charge in [-0.3, -0.25) is 0 Å². The third-order valence-corrected chi connectivity index (χ3v) is 2.78. The highest BCUT2D eigenvalue weighted by Crippen LogP contribution is 2.23. The molecule has 7 heteroatoms. The summed E-state index contributed by atoms with van der Waals surface area (Å²) in [6, 6.07) is 6.53. The number of nitrogens with zero attached hydrogens (tertiary/aromatic N) is 2. The lowest BCUT2D eigenvalue weighted by Gasteiger charge is -2.08. The number of carbonyl (C=O) groups excluding carboxylic acids is 1. The van der Waals surface area contributed by atoms with E-state index in [2.05, 4.69) is 20.0 Å². The van der Waals surface area contributed by atoms with Crippen molar-refractivity contribution >= 4 is 40.7 Å². The molecule has 0 aliphatic rings. The zero-order chi connectivity index (χ0) is 13.8. The van der Waals surface area contributed by atoms with E-state index in [0.29, 0.717) is 16.5 Å². The SMILES string of the molecule is COC(=O)c1cc(Nc2ccnc(Cl)n2)ccc1Cl. The first-order valence-corrected chi connectivity index (χ1v) is 5.99. The lowest BCUT2D eigenvalue weighted by Crippen LogP contribution is -2.03. The molecule has 0 bridgehead atoms. The van der Waals surface area contributed by atoms with Crippen LogP contribution < -0.4 is 5.32 Å². The van der Waals surface area contributed by atoms with Gasteiger partial charge in [0, 0.05) is 11.9 Å². The number of hydrogen-bond acceptors (Lipinski definition) is 5. The minimum absolute atomic E-state index is 0.132. The van der Waals surface area contributed by atoms with E-state index in [1.807, 2.05) is 0 Å². The van der Waals surface area contributed by atoms with Gasteiger partial charge in [-0.1, -0.05) is 11.6 Å². The van der Waals surface area contributed by atoms with Crippen LogP contribution in [0.3, 0.4) is 0 Å². The second kappa shape index (κ2) is 5.86. The summed E-state index contributed by atoms with van der Waals surface area (Å²) in [5, 5.41) is 3.44. The summed E-state index contributed by atoms with van der Waals surface area (Å²) in [4.78, 5) is 19.3. The standard InChI is InChI=1S/C12H9Cl2N3O2/c1-19-11(18)8-6-7(2-3-9(8)13)16-10-4-5-15-12(14)17-10/h2-6H,1H3,(H,15,16,17). The number of nitrogens with one attached hydrogen (secondary N) is 1. The van der Waals surface area contributed by atoms with Crippen molar-refractivity contribution in [3.05, 3.63) is 46.3 Å². The molecule has 0 atom stereocenters. The molecule has 0 amide bonds. The van der Waals surface area contributed by atoms with Crippen molar-refractivity contribution in [3.63, 3.8) is 0 Å². The van der Waals surface area contributed by atoms with Gasteiger partial charge >= 0.3 is 5.97 Å². The average molecular weight is 298 g/mol. The highest BCUT2D eigenvalue weighted by atomic mass is 35.5. The average Bonchev–Trinajstić information content (AvgIpc) is 2.40. The fourth-order valence-corrected chi connectivity index (χ4v) is 1.76. The zero-order valence-electron chi connectivity index (χ0n) is 9.85. The highest BCUT2D eigenvalue weighted by molar-refractivity contribution is 6.33. The van der Waals surface area contributed by atoms with Gasteiger partial charge in [-0.15, -0.1) is 0 Å². The molecule has 98 valence electrons. The van der Waals surface area contributed by atoms with E-state index >= 15 is 0 Å². The van der Waals surface area contributed by atoms with Crippen molar-refractivity contribution in [2.24, 2.45) is 0 Å². The number of anilines is 2. The van der Waals surface area contributed by atoms with Crippen molar-refractivity contribution in [1.82, 2.24) is 9.97 Å². The molecule has 2 rings (SSSR count). The molecule has 0 radical (unpaired) electrons. The van der Waals surface area contributed by atoms with E-state index in [9.17, 15) is 4.79 Å². The summed E-state index contributed by atoms with van der Waals surface area (Å²) in [5.41, 5.74) is 0.911.